The van der Waals surface area contributed by atoms with Crippen molar-refractivity contribution >= 4 is 50.3 Å². The molecule has 0 amide bonds. The fourth-order valence-electron chi connectivity index (χ4n) is 4.75. The van der Waals surface area contributed by atoms with Crippen LogP contribution in [0.15, 0.2) is 29.0 Å². The molecule has 2 heterocycles. The van der Waals surface area contributed by atoms with Gasteiger partial charge in [0.1, 0.15) is 4.60 Å². The zero-order valence-corrected chi connectivity index (χ0v) is 22.3. The van der Waals surface area contributed by atoms with Gasteiger partial charge in [0.2, 0.25) is 0 Å². The number of benzene rings is 1. The lowest BCUT2D eigenvalue weighted by atomic mass is 9.73. The predicted octanol–water partition coefficient (Wildman–Crippen LogP) is 4.61. The van der Waals surface area contributed by atoms with Crippen molar-refractivity contribution in [2.24, 2.45) is 5.41 Å². The quantitative estimate of drug-likeness (QED) is 0.555. The number of ether oxygens (including phenoxy) is 1. The van der Waals surface area contributed by atoms with Crippen molar-refractivity contribution in [3.63, 3.8) is 0 Å². The highest BCUT2D eigenvalue weighted by atomic mass is 79.9. The molecule has 2 aromatic rings. The van der Waals surface area contributed by atoms with E-state index in [1.54, 1.807) is 6.20 Å². The molecule has 2 aliphatic rings. The number of anilines is 1. The maximum atomic E-state index is 13.1. The van der Waals surface area contributed by atoms with Crippen LogP contribution < -0.4 is 9.62 Å². The van der Waals surface area contributed by atoms with Crippen LogP contribution in [0.3, 0.4) is 0 Å². The number of nitrogens with zero attached hydrogens (tertiary/aromatic N) is 3. The van der Waals surface area contributed by atoms with Gasteiger partial charge in [0.15, 0.2) is 11.5 Å². The van der Waals surface area contributed by atoms with Gasteiger partial charge in [-0.1, -0.05) is 17.7 Å². The first-order valence-corrected chi connectivity index (χ1v) is 13.2. The van der Waals surface area contributed by atoms with Crippen molar-refractivity contribution in [1.82, 2.24) is 14.7 Å². The third-order valence-corrected chi connectivity index (χ3v) is 8.69. The fraction of sp³-hybridized carbons (Fsp3) is 0.522. The van der Waals surface area contributed by atoms with Crippen molar-refractivity contribution in [3.8, 4) is 0 Å². The molecule has 1 N–H and O–H groups in total. The van der Waals surface area contributed by atoms with Crippen LogP contribution in [0.2, 0.25) is 5.02 Å². The number of hydrogen-bond donors (Lipinski definition) is 1. The Hall–Kier alpha value is -1.55. The summed E-state index contributed by atoms with van der Waals surface area (Å²) in [4.78, 5) is 23.2. The molecule has 7 nitrogen and oxygen atoms in total. The second-order valence-corrected chi connectivity index (χ2v) is 12.9. The second kappa shape index (κ2) is 9.24. The molecule has 2 atom stereocenters. The van der Waals surface area contributed by atoms with E-state index in [0.717, 1.165) is 19.3 Å². The number of hydrogen-bond acceptors (Lipinski definition) is 6. The van der Waals surface area contributed by atoms with E-state index in [1.165, 1.54) is 18.2 Å². The minimum absolute atomic E-state index is 0.0388. The van der Waals surface area contributed by atoms with E-state index < -0.39 is 17.0 Å². The average molecular weight is 556 g/mol. The van der Waals surface area contributed by atoms with Crippen molar-refractivity contribution in [2.45, 2.75) is 50.8 Å². The van der Waals surface area contributed by atoms with Crippen LogP contribution in [0.1, 0.15) is 61.3 Å². The summed E-state index contributed by atoms with van der Waals surface area (Å²) in [7, 11) is 0.128. The van der Waals surface area contributed by atoms with Gasteiger partial charge in [-0.2, -0.15) is 0 Å². The zero-order valence-electron chi connectivity index (χ0n) is 19.2. The summed E-state index contributed by atoms with van der Waals surface area (Å²) < 4.78 is 21.6. The number of fused-ring (bicyclic) bond motifs is 1. The predicted molar refractivity (Wildman–Crippen MR) is 134 cm³/mol. The first-order valence-electron chi connectivity index (χ1n) is 10.9. The Balaban J connectivity index is 1.62. The fourth-order valence-corrected chi connectivity index (χ4v) is 6.17. The monoisotopic (exact) mass is 554 g/mol. The van der Waals surface area contributed by atoms with Crippen LogP contribution in [-0.2, 0) is 22.1 Å². The second-order valence-electron chi connectivity index (χ2n) is 9.66. The smallest absolute Gasteiger partial charge is 0.360 e. The van der Waals surface area contributed by atoms with E-state index in [2.05, 4.69) is 41.6 Å². The molecule has 1 aromatic carbocycles. The van der Waals surface area contributed by atoms with Gasteiger partial charge in [-0.15, -0.1) is 0 Å². The third-order valence-electron chi connectivity index (χ3n) is 6.51. The standard InChI is InChI=1S/C23H28BrClN4O3S/c1-22(2,3)33(31)28-19-16-6-5-15(25)11-14(16)12-23(19)7-9-29(10-8-23)20-18(21(30)32-4)27-17(24)13-26-20/h5-6,11,13,19,28H,7-10,12H2,1-4H3/t19-,33?/m1/s1. The van der Waals surface area contributed by atoms with Gasteiger partial charge in [-0.3, -0.25) is 0 Å². The summed E-state index contributed by atoms with van der Waals surface area (Å²) in [5.74, 6) is 0.0170. The molecule has 10 heteroatoms. The van der Waals surface area contributed by atoms with Gasteiger partial charge in [-0.25, -0.2) is 23.7 Å². The number of esters is 1. The molecule has 33 heavy (non-hydrogen) atoms. The summed E-state index contributed by atoms with van der Waals surface area (Å²) in [6.45, 7) is 7.32. The molecule has 1 aromatic heterocycles. The number of halogens is 2. The van der Waals surface area contributed by atoms with Crippen LogP contribution in [-0.4, -0.2) is 45.1 Å². The summed E-state index contributed by atoms with van der Waals surface area (Å²) in [6.07, 6.45) is 4.15. The van der Waals surface area contributed by atoms with E-state index in [4.69, 9.17) is 16.3 Å². The van der Waals surface area contributed by atoms with Gasteiger partial charge in [0, 0.05) is 18.1 Å². The van der Waals surface area contributed by atoms with Crippen molar-refractivity contribution in [2.75, 3.05) is 25.1 Å². The molecule has 1 saturated heterocycles. The SMILES string of the molecule is COC(=O)c1nc(Br)cnc1N1CCC2(CC1)Cc1cc(Cl)ccc1[C@H]2NS(=O)C(C)(C)C. The number of nitrogens with one attached hydrogen (secondary N) is 1. The number of rotatable bonds is 4. The summed E-state index contributed by atoms with van der Waals surface area (Å²) in [5, 5.41) is 0.715. The maximum absolute atomic E-state index is 13.1. The molecule has 0 radical (unpaired) electrons. The molecule has 4 rings (SSSR count). The average Bonchev–Trinajstić information content (AvgIpc) is 3.04. The Morgan fingerprint density at radius 3 is 2.67 bits per heavy atom. The highest BCUT2D eigenvalue weighted by Gasteiger charge is 2.49. The van der Waals surface area contributed by atoms with Gasteiger partial charge in [0.05, 0.1) is 35.1 Å². The highest BCUT2D eigenvalue weighted by molar-refractivity contribution is 9.10. The normalized spacial score (nSPS) is 20.5. The highest BCUT2D eigenvalue weighted by Crippen LogP contribution is 2.53. The Bertz CT molecular complexity index is 1100. The maximum Gasteiger partial charge on any atom is 0.360 e. The molecule has 1 aliphatic heterocycles. The Morgan fingerprint density at radius 1 is 1.33 bits per heavy atom. The molecular formula is C23H28BrClN4O3S. The van der Waals surface area contributed by atoms with Gasteiger partial charge >= 0.3 is 5.97 Å². The minimum Gasteiger partial charge on any atom is -0.464 e. The number of carbonyl (C=O) groups is 1. The topological polar surface area (TPSA) is 84.4 Å². The number of piperidine rings is 1. The Morgan fingerprint density at radius 2 is 2.03 bits per heavy atom. The van der Waals surface area contributed by atoms with E-state index in [-0.39, 0.29) is 21.9 Å². The van der Waals surface area contributed by atoms with E-state index in [9.17, 15) is 9.00 Å². The van der Waals surface area contributed by atoms with Crippen LogP contribution in [0.25, 0.3) is 0 Å². The lowest BCUT2D eigenvalue weighted by Crippen LogP contribution is -2.48. The van der Waals surface area contributed by atoms with Crippen molar-refractivity contribution < 1.29 is 13.7 Å². The molecule has 0 bridgehead atoms. The lowest BCUT2D eigenvalue weighted by Gasteiger charge is -2.44. The van der Waals surface area contributed by atoms with Crippen LogP contribution in [0.4, 0.5) is 5.82 Å². The lowest BCUT2D eigenvalue weighted by molar-refractivity contribution is 0.0593. The van der Waals surface area contributed by atoms with Crippen LogP contribution in [0.5, 0.6) is 0 Å². The molecule has 1 spiro atoms. The third kappa shape index (κ3) is 4.83. The summed E-state index contributed by atoms with van der Waals surface area (Å²) in [6, 6.07) is 5.96. The van der Waals surface area contributed by atoms with Crippen LogP contribution in [0, 0.1) is 5.41 Å². The first-order chi connectivity index (χ1) is 15.5. The molecule has 1 aliphatic carbocycles. The minimum atomic E-state index is -1.21. The molecule has 178 valence electrons. The van der Waals surface area contributed by atoms with Gasteiger partial charge < -0.3 is 9.64 Å². The van der Waals surface area contributed by atoms with Gasteiger partial charge in [0.25, 0.3) is 0 Å². The zero-order chi connectivity index (χ0) is 24.0. The Kier molecular flexibility index (Phi) is 6.88. The first kappa shape index (κ1) is 24.6. The number of methoxy groups -OCH3 is 1. The molecule has 0 saturated carbocycles. The largest absolute Gasteiger partial charge is 0.464 e. The molecule has 1 fully saturated rings. The van der Waals surface area contributed by atoms with Gasteiger partial charge in [-0.05, 0) is 84.6 Å². The Labute approximate surface area is 210 Å². The van der Waals surface area contributed by atoms with E-state index in [0.29, 0.717) is 28.5 Å². The molecular weight excluding hydrogens is 528 g/mol. The van der Waals surface area contributed by atoms with Crippen molar-refractivity contribution in [1.29, 1.82) is 0 Å². The summed E-state index contributed by atoms with van der Waals surface area (Å²) in [5.41, 5.74) is 2.48. The molecule has 1 unspecified atom stereocenters. The van der Waals surface area contributed by atoms with Crippen LogP contribution >= 0.6 is 27.5 Å². The van der Waals surface area contributed by atoms with E-state index >= 15 is 0 Å². The van der Waals surface area contributed by atoms with Crippen molar-refractivity contribution in [3.05, 3.63) is 50.8 Å². The van der Waals surface area contributed by atoms with E-state index in [1.807, 2.05) is 32.9 Å². The number of carbonyl (C=O) groups excluding carboxylic acids is 1. The number of aromatic nitrogens is 2. The summed E-state index contributed by atoms with van der Waals surface area (Å²) >= 11 is 9.59.